The summed E-state index contributed by atoms with van der Waals surface area (Å²) in [6, 6.07) is 5.47. The zero-order valence-electron chi connectivity index (χ0n) is 11.2. The van der Waals surface area contributed by atoms with E-state index < -0.39 is 0 Å². The molecule has 0 bridgehead atoms. The summed E-state index contributed by atoms with van der Waals surface area (Å²) in [5.41, 5.74) is 6.60. The number of guanidine groups is 2. The molecule has 1 aromatic rings. The van der Waals surface area contributed by atoms with Gasteiger partial charge in [0.1, 0.15) is 0 Å². The third-order valence-corrected chi connectivity index (χ3v) is 2.47. The minimum absolute atomic E-state index is 0.246. The molecule has 1 aliphatic rings. The molecule has 0 saturated carbocycles. The van der Waals surface area contributed by atoms with E-state index in [9.17, 15) is 0 Å². The van der Waals surface area contributed by atoms with Crippen molar-refractivity contribution in [1.82, 2.24) is 4.90 Å². The molecule has 0 aliphatic carbocycles. The zero-order valence-corrected chi connectivity index (χ0v) is 11.2. The van der Waals surface area contributed by atoms with Crippen molar-refractivity contribution in [3.8, 4) is 11.5 Å². The van der Waals surface area contributed by atoms with Gasteiger partial charge < -0.3 is 25.4 Å². The Hall–Kier alpha value is -2.44. The molecule has 7 heteroatoms. The van der Waals surface area contributed by atoms with Crippen molar-refractivity contribution in [2.24, 2.45) is 15.7 Å². The van der Waals surface area contributed by atoms with Gasteiger partial charge in [-0.1, -0.05) is 0 Å². The highest BCUT2D eigenvalue weighted by molar-refractivity contribution is 6.01. The molecule has 19 heavy (non-hydrogen) atoms. The first-order valence-electron chi connectivity index (χ1n) is 5.75. The van der Waals surface area contributed by atoms with Gasteiger partial charge in [0, 0.05) is 32.9 Å². The lowest BCUT2D eigenvalue weighted by Crippen LogP contribution is -2.28. The first-order chi connectivity index (χ1) is 9.10. The number of anilines is 1. The van der Waals surface area contributed by atoms with E-state index in [-0.39, 0.29) is 12.8 Å². The monoisotopic (exact) mass is 263 g/mol. The van der Waals surface area contributed by atoms with E-state index >= 15 is 0 Å². The molecule has 0 aromatic heterocycles. The number of ether oxygens (including phenoxy) is 2. The number of nitrogens with two attached hydrogens (primary N) is 1. The summed E-state index contributed by atoms with van der Waals surface area (Å²) < 4.78 is 10.5. The summed E-state index contributed by atoms with van der Waals surface area (Å²) in [5, 5.41) is 2.98. The molecule has 2 rings (SSSR count). The normalized spacial score (nSPS) is 14.5. The van der Waals surface area contributed by atoms with E-state index in [0.29, 0.717) is 11.7 Å². The lowest BCUT2D eigenvalue weighted by atomic mass is 10.3. The SMILES string of the molecule is CN=C(N=C(N)Nc1ccc2c(c1)OCO2)N(C)C. The minimum Gasteiger partial charge on any atom is -0.454 e. The molecule has 0 spiro atoms. The van der Waals surface area contributed by atoms with Gasteiger partial charge in [0.2, 0.25) is 18.7 Å². The molecule has 1 aliphatic heterocycles. The molecule has 0 saturated heterocycles. The van der Waals surface area contributed by atoms with E-state index in [1.165, 1.54) is 0 Å². The Bertz CT molecular complexity index is 525. The standard InChI is InChI=1S/C12H17N5O2/c1-14-12(17(2)3)16-11(13)15-8-4-5-9-10(6-8)19-7-18-9/h4-6H,7H2,1-3H3,(H3,13,14,15,16). The Balaban J connectivity index is 2.10. The van der Waals surface area contributed by atoms with Crippen LogP contribution in [-0.4, -0.2) is 44.8 Å². The Morgan fingerprint density at radius 2 is 2.05 bits per heavy atom. The fourth-order valence-corrected chi connectivity index (χ4v) is 1.61. The Labute approximate surface area is 111 Å². The Morgan fingerprint density at radius 1 is 1.32 bits per heavy atom. The highest BCUT2D eigenvalue weighted by Crippen LogP contribution is 2.34. The van der Waals surface area contributed by atoms with Gasteiger partial charge in [-0.25, -0.2) is 0 Å². The topological polar surface area (TPSA) is 84.5 Å². The van der Waals surface area contributed by atoms with Crippen LogP contribution in [-0.2, 0) is 0 Å². The van der Waals surface area contributed by atoms with Crippen LogP contribution < -0.4 is 20.5 Å². The van der Waals surface area contributed by atoms with Crippen molar-refractivity contribution < 1.29 is 9.47 Å². The van der Waals surface area contributed by atoms with Crippen molar-refractivity contribution in [2.45, 2.75) is 0 Å². The fourth-order valence-electron chi connectivity index (χ4n) is 1.61. The van der Waals surface area contributed by atoms with Gasteiger partial charge in [-0.3, -0.25) is 4.99 Å². The number of nitrogens with zero attached hydrogens (tertiary/aromatic N) is 3. The molecule has 0 fully saturated rings. The van der Waals surface area contributed by atoms with Crippen LogP contribution in [0.3, 0.4) is 0 Å². The second kappa shape index (κ2) is 5.47. The maximum Gasteiger partial charge on any atom is 0.231 e. The average Bonchev–Trinajstić information content (AvgIpc) is 2.82. The van der Waals surface area contributed by atoms with Gasteiger partial charge >= 0.3 is 0 Å². The van der Waals surface area contributed by atoms with Gasteiger partial charge in [0.25, 0.3) is 0 Å². The van der Waals surface area contributed by atoms with Crippen LogP contribution >= 0.6 is 0 Å². The van der Waals surface area contributed by atoms with Crippen molar-refractivity contribution >= 4 is 17.6 Å². The molecule has 1 heterocycles. The summed E-state index contributed by atoms with van der Waals surface area (Å²) in [5.74, 6) is 2.21. The molecule has 102 valence electrons. The van der Waals surface area contributed by atoms with Crippen LogP contribution in [0.25, 0.3) is 0 Å². The molecular formula is C12H17N5O2. The second-order valence-corrected chi connectivity index (χ2v) is 4.11. The van der Waals surface area contributed by atoms with Crippen LogP contribution in [0.4, 0.5) is 5.69 Å². The van der Waals surface area contributed by atoms with E-state index in [1.807, 2.05) is 32.3 Å². The Kier molecular flexibility index (Phi) is 3.74. The van der Waals surface area contributed by atoms with Gasteiger partial charge in [-0.2, -0.15) is 4.99 Å². The van der Waals surface area contributed by atoms with E-state index in [2.05, 4.69) is 15.3 Å². The maximum absolute atomic E-state index is 5.82. The Morgan fingerprint density at radius 3 is 2.74 bits per heavy atom. The maximum atomic E-state index is 5.82. The predicted molar refractivity (Wildman–Crippen MR) is 74.9 cm³/mol. The molecular weight excluding hydrogens is 246 g/mol. The number of hydrogen-bond donors (Lipinski definition) is 2. The third kappa shape index (κ3) is 3.06. The number of rotatable bonds is 1. The lowest BCUT2D eigenvalue weighted by molar-refractivity contribution is 0.174. The lowest BCUT2D eigenvalue weighted by Gasteiger charge is -2.12. The van der Waals surface area contributed by atoms with Crippen LogP contribution in [0.1, 0.15) is 0 Å². The highest BCUT2D eigenvalue weighted by atomic mass is 16.7. The van der Waals surface area contributed by atoms with Crippen LogP contribution in [0.2, 0.25) is 0 Å². The number of nitrogens with one attached hydrogen (secondary N) is 1. The fraction of sp³-hybridized carbons (Fsp3) is 0.333. The molecule has 0 radical (unpaired) electrons. The first-order valence-corrected chi connectivity index (χ1v) is 5.75. The predicted octanol–water partition coefficient (Wildman–Crippen LogP) is 0.689. The molecule has 0 atom stereocenters. The minimum atomic E-state index is 0.246. The van der Waals surface area contributed by atoms with Crippen molar-refractivity contribution in [2.75, 3.05) is 33.3 Å². The largest absolute Gasteiger partial charge is 0.454 e. The molecule has 3 N–H and O–H groups in total. The third-order valence-electron chi connectivity index (χ3n) is 2.47. The summed E-state index contributed by atoms with van der Waals surface area (Å²) in [4.78, 5) is 9.96. The van der Waals surface area contributed by atoms with Crippen molar-refractivity contribution in [1.29, 1.82) is 0 Å². The van der Waals surface area contributed by atoms with E-state index in [4.69, 9.17) is 15.2 Å². The summed E-state index contributed by atoms with van der Waals surface area (Å²) in [6.45, 7) is 0.246. The molecule has 0 amide bonds. The summed E-state index contributed by atoms with van der Waals surface area (Å²) in [6.07, 6.45) is 0. The second-order valence-electron chi connectivity index (χ2n) is 4.11. The van der Waals surface area contributed by atoms with Crippen molar-refractivity contribution in [3.63, 3.8) is 0 Å². The number of aliphatic imine (C=N–C) groups is 2. The quantitative estimate of drug-likeness (QED) is 0.575. The molecule has 1 aromatic carbocycles. The van der Waals surface area contributed by atoms with E-state index in [0.717, 1.165) is 11.4 Å². The van der Waals surface area contributed by atoms with E-state index in [1.54, 1.807) is 11.9 Å². The van der Waals surface area contributed by atoms with Gasteiger partial charge in [0.05, 0.1) is 0 Å². The highest BCUT2D eigenvalue weighted by Gasteiger charge is 2.13. The molecule has 0 unspecified atom stereocenters. The van der Waals surface area contributed by atoms with Crippen LogP contribution in [0.15, 0.2) is 28.2 Å². The number of benzene rings is 1. The van der Waals surface area contributed by atoms with Gasteiger partial charge in [-0.15, -0.1) is 0 Å². The van der Waals surface area contributed by atoms with Gasteiger partial charge in [-0.05, 0) is 12.1 Å². The van der Waals surface area contributed by atoms with Crippen LogP contribution in [0.5, 0.6) is 11.5 Å². The first kappa shape index (κ1) is 13.0. The van der Waals surface area contributed by atoms with Crippen molar-refractivity contribution in [3.05, 3.63) is 18.2 Å². The van der Waals surface area contributed by atoms with Crippen LogP contribution in [0, 0.1) is 0 Å². The number of fused-ring (bicyclic) bond motifs is 1. The van der Waals surface area contributed by atoms with Gasteiger partial charge in [0.15, 0.2) is 11.5 Å². The smallest absolute Gasteiger partial charge is 0.231 e. The number of hydrogen-bond acceptors (Lipinski definition) is 3. The summed E-state index contributed by atoms with van der Waals surface area (Å²) in [7, 11) is 5.35. The average molecular weight is 263 g/mol. The summed E-state index contributed by atoms with van der Waals surface area (Å²) >= 11 is 0. The molecule has 7 nitrogen and oxygen atoms in total. The zero-order chi connectivity index (χ0) is 13.8.